The van der Waals surface area contributed by atoms with E-state index >= 15 is 0 Å². The Morgan fingerprint density at radius 3 is 2.90 bits per heavy atom. The molecule has 58 valence electrons. The van der Waals surface area contributed by atoms with Crippen molar-refractivity contribution in [2.75, 3.05) is 20.1 Å². The number of hydrogen-bond donors (Lipinski definition) is 0. The van der Waals surface area contributed by atoms with Crippen LogP contribution in [-0.2, 0) is 0 Å². The van der Waals surface area contributed by atoms with Crippen molar-refractivity contribution < 1.29 is 4.58 Å². The van der Waals surface area contributed by atoms with Gasteiger partial charge in [-0.1, -0.05) is 0 Å². The molecule has 1 atom stereocenters. The third-order valence-electron chi connectivity index (χ3n) is 2.18. The van der Waals surface area contributed by atoms with Crippen LogP contribution >= 0.6 is 0 Å². The lowest BCUT2D eigenvalue weighted by molar-refractivity contribution is -0.505. The minimum Gasteiger partial charge on any atom is -0.271 e. The van der Waals surface area contributed by atoms with Crippen molar-refractivity contribution in [3.05, 3.63) is 0 Å². The van der Waals surface area contributed by atoms with E-state index in [0.717, 1.165) is 12.6 Å². The highest BCUT2D eigenvalue weighted by Gasteiger charge is 2.19. The Morgan fingerprint density at radius 2 is 2.40 bits per heavy atom. The van der Waals surface area contributed by atoms with E-state index in [0.29, 0.717) is 0 Å². The van der Waals surface area contributed by atoms with E-state index in [4.69, 9.17) is 0 Å². The van der Waals surface area contributed by atoms with Crippen molar-refractivity contribution >= 4 is 6.34 Å². The van der Waals surface area contributed by atoms with Gasteiger partial charge in [-0.2, -0.15) is 0 Å². The van der Waals surface area contributed by atoms with E-state index in [1.807, 2.05) is 0 Å². The molecule has 2 heteroatoms. The molecule has 0 fully saturated rings. The third-order valence-corrected chi connectivity index (χ3v) is 2.18. The van der Waals surface area contributed by atoms with Crippen LogP contribution < -0.4 is 0 Å². The van der Waals surface area contributed by atoms with Crippen LogP contribution in [0.3, 0.4) is 0 Å². The van der Waals surface area contributed by atoms with Gasteiger partial charge in [-0.15, -0.1) is 0 Å². The molecule has 1 unspecified atom stereocenters. The summed E-state index contributed by atoms with van der Waals surface area (Å²) in [4.78, 5) is 2.38. The molecule has 0 amide bonds. The van der Waals surface area contributed by atoms with Crippen molar-refractivity contribution in [2.45, 2.75) is 26.3 Å². The molecule has 2 nitrogen and oxygen atoms in total. The van der Waals surface area contributed by atoms with E-state index < -0.39 is 0 Å². The van der Waals surface area contributed by atoms with Crippen LogP contribution in [0.4, 0.5) is 0 Å². The zero-order valence-corrected chi connectivity index (χ0v) is 7.17. The van der Waals surface area contributed by atoms with Gasteiger partial charge in [0.05, 0.1) is 26.2 Å². The summed E-state index contributed by atoms with van der Waals surface area (Å²) in [5, 5.41) is 0. The first-order valence-corrected chi connectivity index (χ1v) is 4.05. The highest BCUT2D eigenvalue weighted by atomic mass is 15.2. The fraction of sp³-hybridized carbons (Fsp3) is 0.875. The van der Waals surface area contributed by atoms with E-state index in [2.05, 4.69) is 36.7 Å². The normalized spacial score (nSPS) is 26.5. The van der Waals surface area contributed by atoms with Gasteiger partial charge in [0, 0.05) is 6.42 Å². The Kier molecular flexibility index (Phi) is 2.30. The first-order valence-electron chi connectivity index (χ1n) is 4.05. The van der Waals surface area contributed by atoms with Crippen molar-refractivity contribution in [1.82, 2.24) is 4.90 Å². The second-order valence-corrected chi connectivity index (χ2v) is 3.06. The lowest BCUT2D eigenvalue weighted by Crippen LogP contribution is -2.40. The van der Waals surface area contributed by atoms with Crippen molar-refractivity contribution in [3.63, 3.8) is 0 Å². The summed E-state index contributed by atoms with van der Waals surface area (Å²) in [6.07, 6.45) is 3.51. The predicted octanol–water partition coefficient (Wildman–Crippen LogP) is 0.771. The van der Waals surface area contributed by atoms with Crippen LogP contribution in [0.15, 0.2) is 0 Å². The Labute approximate surface area is 63.2 Å². The molecule has 0 aromatic rings. The molecular weight excluding hydrogens is 124 g/mol. The molecule has 0 radical (unpaired) electrons. The minimum atomic E-state index is 0.737. The summed E-state index contributed by atoms with van der Waals surface area (Å²) in [5.41, 5.74) is 0. The number of hydrogen-bond acceptors (Lipinski definition) is 1. The maximum atomic E-state index is 2.38. The molecule has 10 heavy (non-hydrogen) atoms. The molecule has 0 aliphatic carbocycles. The van der Waals surface area contributed by atoms with Crippen LogP contribution in [-0.4, -0.2) is 42.0 Å². The SMILES string of the molecule is CCN1C=[N+](C)CCC1C. The zero-order valence-electron chi connectivity index (χ0n) is 7.17. The summed E-state index contributed by atoms with van der Waals surface area (Å²) < 4.78 is 2.25. The van der Waals surface area contributed by atoms with E-state index in [9.17, 15) is 0 Å². The first-order chi connectivity index (χ1) is 4.74. The Balaban J connectivity index is 2.59. The van der Waals surface area contributed by atoms with Crippen LogP contribution in [0.1, 0.15) is 20.3 Å². The number of nitrogens with zero attached hydrogens (tertiary/aromatic N) is 2. The quantitative estimate of drug-likeness (QED) is 0.489. The summed E-state index contributed by atoms with van der Waals surface area (Å²) in [6, 6.07) is 0.737. The maximum absolute atomic E-state index is 2.38. The van der Waals surface area contributed by atoms with Gasteiger partial charge in [-0.25, -0.2) is 0 Å². The predicted molar refractivity (Wildman–Crippen MR) is 43.6 cm³/mol. The smallest absolute Gasteiger partial charge is 0.234 e. The molecule has 1 aliphatic heterocycles. The summed E-state index contributed by atoms with van der Waals surface area (Å²) in [5.74, 6) is 0. The van der Waals surface area contributed by atoms with E-state index in [-0.39, 0.29) is 0 Å². The molecule has 0 spiro atoms. The van der Waals surface area contributed by atoms with Gasteiger partial charge >= 0.3 is 0 Å². The molecule has 1 aliphatic rings. The van der Waals surface area contributed by atoms with Crippen molar-refractivity contribution in [1.29, 1.82) is 0 Å². The van der Waals surface area contributed by atoms with Crippen LogP contribution in [0.5, 0.6) is 0 Å². The van der Waals surface area contributed by atoms with Gasteiger partial charge in [0.2, 0.25) is 6.34 Å². The first kappa shape index (κ1) is 7.58. The lowest BCUT2D eigenvalue weighted by Gasteiger charge is -2.24. The summed E-state index contributed by atoms with van der Waals surface area (Å²) >= 11 is 0. The van der Waals surface area contributed by atoms with E-state index in [1.165, 1.54) is 13.0 Å². The average molecular weight is 141 g/mol. The summed E-state index contributed by atoms with van der Waals surface area (Å²) in [6.45, 7) is 6.82. The van der Waals surface area contributed by atoms with Crippen LogP contribution in [0.25, 0.3) is 0 Å². The van der Waals surface area contributed by atoms with Gasteiger partial charge in [0.15, 0.2) is 0 Å². The fourth-order valence-corrected chi connectivity index (χ4v) is 1.37. The second-order valence-electron chi connectivity index (χ2n) is 3.06. The van der Waals surface area contributed by atoms with Gasteiger partial charge in [0.1, 0.15) is 0 Å². The van der Waals surface area contributed by atoms with Gasteiger partial charge in [0.25, 0.3) is 0 Å². The van der Waals surface area contributed by atoms with Gasteiger partial charge < -0.3 is 0 Å². The highest BCUT2D eigenvalue weighted by molar-refractivity contribution is 5.49. The molecule has 0 saturated carbocycles. The number of rotatable bonds is 1. The fourth-order valence-electron chi connectivity index (χ4n) is 1.37. The Morgan fingerprint density at radius 1 is 1.70 bits per heavy atom. The molecule has 0 aromatic heterocycles. The molecule has 0 saturated heterocycles. The average Bonchev–Trinajstić information content (AvgIpc) is 1.94. The summed E-state index contributed by atoms with van der Waals surface area (Å²) in [7, 11) is 2.13. The molecule has 1 rings (SSSR count). The van der Waals surface area contributed by atoms with Crippen LogP contribution in [0, 0.1) is 0 Å². The standard InChI is InChI=1S/C8H17N2/c1-4-10-7-9(3)6-5-8(10)2/h7-8H,4-6H2,1-3H3/q+1. The third kappa shape index (κ3) is 1.49. The van der Waals surface area contributed by atoms with Crippen LogP contribution in [0.2, 0.25) is 0 Å². The monoisotopic (exact) mass is 141 g/mol. The van der Waals surface area contributed by atoms with Gasteiger partial charge in [-0.3, -0.25) is 9.48 Å². The lowest BCUT2D eigenvalue weighted by atomic mass is 10.2. The molecule has 0 aromatic carbocycles. The van der Waals surface area contributed by atoms with E-state index in [1.54, 1.807) is 0 Å². The van der Waals surface area contributed by atoms with Crippen molar-refractivity contribution in [2.24, 2.45) is 0 Å². The maximum Gasteiger partial charge on any atom is 0.234 e. The largest absolute Gasteiger partial charge is 0.271 e. The highest BCUT2D eigenvalue weighted by Crippen LogP contribution is 2.04. The topological polar surface area (TPSA) is 6.25 Å². The second kappa shape index (κ2) is 3.04. The Hall–Kier alpha value is -0.530. The Bertz CT molecular complexity index is 140. The molecule has 1 heterocycles. The minimum absolute atomic E-state index is 0.737. The van der Waals surface area contributed by atoms with Crippen molar-refractivity contribution in [3.8, 4) is 0 Å². The molecular formula is C8H17N2+. The zero-order chi connectivity index (χ0) is 7.56. The molecule has 0 bridgehead atoms. The van der Waals surface area contributed by atoms with Gasteiger partial charge in [-0.05, 0) is 13.8 Å². The molecule has 0 N–H and O–H groups in total.